The Labute approximate surface area is 114 Å². The fraction of sp³-hybridized carbons (Fsp3) is 0.923. The van der Waals surface area contributed by atoms with E-state index in [1.165, 1.54) is 13.3 Å². The number of carboxylic acid groups (broad SMARTS) is 1. The van der Waals surface area contributed by atoms with Crippen molar-refractivity contribution >= 4 is 16.0 Å². The van der Waals surface area contributed by atoms with E-state index in [4.69, 9.17) is 0 Å². The van der Waals surface area contributed by atoms with Crippen LogP contribution in [0.25, 0.3) is 0 Å². The van der Waals surface area contributed by atoms with Crippen LogP contribution in [0.5, 0.6) is 0 Å². The first-order valence-electron chi connectivity index (χ1n) is 7.08. The van der Waals surface area contributed by atoms with Gasteiger partial charge in [-0.25, -0.2) is 8.42 Å². The predicted molar refractivity (Wildman–Crippen MR) is 72.3 cm³/mol. The van der Waals surface area contributed by atoms with E-state index in [-0.39, 0.29) is 17.6 Å². The zero-order valence-corrected chi connectivity index (χ0v) is 12.2. The van der Waals surface area contributed by atoms with E-state index in [0.29, 0.717) is 0 Å². The maximum atomic E-state index is 12.2. The molecule has 0 aromatic carbocycles. The number of aliphatic carboxylic acids is 1. The molecule has 0 bridgehead atoms. The van der Waals surface area contributed by atoms with Crippen molar-refractivity contribution in [3.05, 3.63) is 0 Å². The first-order valence-corrected chi connectivity index (χ1v) is 8.74. The molecule has 6 heteroatoms. The van der Waals surface area contributed by atoms with Crippen LogP contribution >= 0.6 is 0 Å². The quantitative estimate of drug-likeness (QED) is 0.780. The van der Waals surface area contributed by atoms with Crippen LogP contribution in [0.1, 0.15) is 51.9 Å². The third kappa shape index (κ3) is 3.69. The maximum Gasteiger partial charge on any atom is 0.324 e. The van der Waals surface area contributed by atoms with Gasteiger partial charge in [0.05, 0.1) is 5.75 Å². The number of carboxylic acids is 1. The van der Waals surface area contributed by atoms with Crippen molar-refractivity contribution in [1.82, 2.24) is 4.72 Å². The number of nitrogens with one attached hydrogen (secondary N) is 1. The zero-order valence-electron chi connectivity index (χ0n) is 11.4. The van der Waals surface area contributed by atoms with E-state index in [2.05, 4.69) is 4.72 Å². The van der Waals surface area contributed by atoms with E-state index < -0.39 is 21.5 Å². The molecular formula is C13H23NO4S. The van der Waals surface area contributed by atoms with Gasteiger partial charge in [0, 0.05) is 0 Å². The molecule has 0 saturated heterocycles. The molecule has 0 aliphatic heterocycles. The Balaban J connectivity index is 2.00. The Bertz CT molecular complexity index is 438. The predicted octanol–water partition coefficient (Wildman–Crippen LogP) is 1.74. The van der Waals surface area contributed by atoms with E-state index >= 15 is 0 Å². The second-order valence-electron chi connectivity index (χ2n) is 6.17. The van der Waals surface area contributed by atoms with Crippen molar-refractivity contribution in [2.45, 2.75) is 57.4 Å². The van der Waals surface area contributed by atoms with Gasteiger partial charge in [0.15, 0.2) is 0 Å². The topological polar surface area (TPSA) is 83.5 Å². The van der Waals surface area contributed by atoms with E-state index in [1.807, 2.05) is 0 Å². The highest BCUT2D eigenvalue weighted by Gasteiger charge is 2.49. The normalized spacial score (nSPS) is 24.9. The molecule has 0 spiro atoms. The van der Waals surface area contributed by atoms with Crippen molar-refractivity contribution in [1.29, 1.82) is 0 Å². The van der Waals surface area contributed by atoms with Crippen molar-refractivity contribution in [2.75, 3.05) is 5.75 Å². The number of hydrogen-bond acceptors (Lipinski definition) is 3. The minimum Gasteiger partial charge on any atom is -0.480 e. The molecule has 110 valence electrons. The van der Waals surface area contributed by atoms with Gasteiger partial charge in [-0.05, 0) is 44.4 Å². The third-order valence-electron chi connectivity index (χ3n) is 4.39. The van der Waals surface area contributed by atoms with Crippen LogP contribution < -0.4 is 4.72 Å². The Morgan fingerprint density at radius 2 is 1.79 bits per heavy atom. The average molecular weight is 289 g/mol. The number of rotatable bonds is 6. The minimum atomic E-state index is -3.52. The van der Waals surface area contributed by atoms with Crippen molar-refractivity contribution in [3.8, 4) is 0 Å². The Kier molecular flexibility index (Phi) is 4.20. The van der Waals surface area contributed by atoms with Gasteiger partial charge >= 0.3 is 5.97 Å². The largest absolute Gasteiger partial charge is 0.480 e. The van der Waals surface area contributed by atoms with Crippen LogP contribution in [0.3, 0.4) is 0 Å². The van der Waals surface area contributed by atoms with Gasteiger partial charge in [-0.3, -0.25) is 4.79 Å². The molecule has 0 radical (unpaired) electrons. The van der Waals surface area contributed by atoms with E-state index in [0.717, 1.165) is 38.5 Å². The molecule has 2 rings (SSSR count). The van der Waals surface area contributed by atoms with E-state index in [9.17, 15) is 18.3 Å². The van der Waals surface area contributed by atoms with Crippen LogP contribution in [0, 0.1) is 11.8 Å². The monoisotopic (exact) mass is 289 g/mol. The molecule has 2 fully saturated rings. The molecule has 5 nitrogen and oxygen atoms in total. The third-order valence-corrected chi connectivity index (χ3v) is 6.03. The molecule has 2 saturated carbocycles. The Morgan fingerprint density at radius 3 is 2.26 bits per heavy atom. The van der Waals surface area contributed by atoms with Crippen LogP contribution in [0.2, 0.25) is 0 Å². The molecule has 0 amide bonds. The highest BCUT2D eigenvalue weighted by atomic mass is 32.2. The van der Waals surface area contributed by atoms with Crippen molar-refractivity contribution in [2.24, 2.45) is 11.8 Å². The summed E-state index contributed by atoms with van der Waals surface area (Å²) in [5.41, 5.74) is -1.33. The standard InChI is InChI=1S/C13H23NO4S/c1-13(12(15)16,11-7-8-11)14-19(17,18)9-10-5-3-2-4-6-10/h10-11,14H,2-9H2,1H3,(H,15,16). The second kappa shape index (κ2) is 5.40. The fourth-order valence-electron chi connectivity index (χ4n) is 2.99. The van der Waals surface area contributed by atoms with Crippen molar-refractivity contribution < 1.29 is 18.3 Å². The summed E-state index contributed by atoms with van der Waals surface area (Å²) >= 11 is 0. The second-order valence-corrected chi connectivity index (χ2v) is 7.94. The lowest BCUT2D eigenvalue weighted by molar-refractivity contribution is -0.144. The molecule has 1 unspecified atom stereocenters. The van der Waals surface area contributed by atoms with Crippen molar-refractivity contribution in [3.63, 3.8) is 0 Å². The van der Waals surface area contributed by atoms with Crippen LogP contribution in [-0.4, -0.2) is 30.8 Å². The number of carbonyl (C=O) groups is 1. The maximum absolute atomic E-state index is 12.2. The summed E-state index contributed by atoms with van der Waals surface area (Å²) in [4.78, 5) is 11.3. The summed E-state index contributed by atoms with van der Waals surface area (Å²) < 4.78 is 26.8. The van der Waals surface area contributed by atoms with Crippen LogP contribution in [0.15, 0.2) is 0 Å². The first kappa shape index (κ1) is 14.8. The fourth-order valence-corrected chi connectivity index (χ4v) is 4.93. The van der Waals surface area contributed by atoms with Gasteiger partial charge in [0.25, 0.3) is 0 Å². The van der Waals surface area contributed by atoms with Gasteiger partial charge in [-0.15, -0.1) is 0 Å². The summed E-state index contributed by atoms with van der Waals surface area (Å²) in [5.74, 6) is -0.875. The highest BCUT2D eigenvalue weighted by molar-refractivity contribution is 7.89. The Hall–Kier alpha value is -0.620. The summed E-state index contributed by atoms with van der Waals surface area (Å²) in [5, 5.41) is 9.29. The molecule has 0 aromatic rings. The summed E-state index contributed by atoms with van der Waals surface area (Å²) in [6.07, 6.45) is 6.79. The lowest BCUT2D eigenvalue weighted by atomic mass is 9.91. The molecule has 2 aliphatic rings. The lowest BCUT2D eigenvalue weighted by Gasteiger charge is -2.28. The smallest absolute Gasteiger partial charge is 0.324 e. The Morgan fingerprint density at radius 1 is 1.21 bits per heavy atom. The summed E-state index contributed by atoms with van der Waals surface area (Å²) in [6, 6.07) is 0. The number of hydrogen-bond donors (Lipinski definition) is 2. The highest BCUT2D eigenvalue weighted by Crippen LogP contribution is 2.40. The van der Waals surface area contributed by atoms with E-state index in [1.54, 1.807) is 0 Å². The number of sulfonamides is 1. The first-order chi connectivity index (χ1) is 8.83. The zero-order chi connectivity index (χ0) is 14.1. The van der Waals surface area contributed by atoms with Gasteiger partial charge in [0.2, 0.25) is 10.0 Å². The molecular weight excluding hydrogens is 266 g/mol. The molecule has 2 N–H and O–H groups in total. The molecule has 0 aromatic heterocycles. The van der Waals surface area contributed by atoms with Gasteiger partial charge < -0.3 is 5.11 Å². The van der Waals surface area contributed by atoms with Crippen LogP contribution in [-0.2, 0) is 14.8 Å². The molecule has 19 heavy (non-hydrogen) atoms. The summed E-state index contributed by atoms with van der Waals surface area (Å²) in [7, 11) is -3.52. The molecule has 1 atom stereocenters. The van der Waals surface area contributed by atoms with Gasteiger partial charge in [0.1, 0.15) is 5.54 Å². The minimum absolute atomic E-state index is 0.0638. The average Bonchev–Trinajstić information content (AvgIpc) is 3.12. The van der Waals surface area contributed by atoms with Crippen LogP contribution in [0.4, 0.5) is 0 Å². The molecule has 2 aliphatic carbocycles. The molecule has 0 heterocycles. The van der Waals surface area contributed by atoms with Gasteiger partial charge in [-0.2, -0.15) is 4.72 Å². The summed E-state index contributed by atoms with van der Waals surface area (Å²) in [6.45, 7) is 1.49. The SMILES string of the molecule is CC(NS(=O)(=O)CC1CCCCC1)(C(=O)O)C1CC1. The lowest BCUT2D eigenvalue weighted by Crippen LogP contribution is -2.54. The van der Waals surface area contributed by atoms with Gasteiger partial charge in [-0.1, -0.05) is 19.3 Å².